The maximum atomic E-state index is 9.34. The van der Waals surface area contributed by atoms with Crippen LogP contribution in [0.1, 0.15) is 37.3 Å². The number of methoxy groups -OCH3 is 1. The molecule has 0 saturated carbocycles. The lowest BCUT2D eigenvalue weighted by molar-refractivity contribution is -0.161. The van der Waals surface area contributed by atoms with Crippen LogP contribution in [-0.2, 0) is 27.3 Å². The Kier molecular flexibility index (Phi) is 8.70. The van der Waals surface area contributed by atoms with Gasteiger partial charge in [0.1, 0.15) is 6.23 Å². The van der Waals surface area contributed by atoms with Crippen LogP contribution in [0.2, 0.25) is 0 Å². The third kappa shape index (κ3) is 6.79. The smallest absolute Gasteiger partial charge is 0.113 e. The van der Waals surface area contributed by atoms with Gasteiger partial charge in [-0.15, -0.1) is 0 Å². The van der Waals surface area contributed by atoms with E-state index in [0.29, 0.717) is 12.1 Å². The molecule has 0 bridgehead atoms. The van der Waals surface area contributed by atoms with E-state index in [-0.39, 0.29) is 12.8 Å². The first-order chi connectivity index (χ1) is 13.7. The highest BCUT2D eigenvalue weighted by Gasteiger charge is 2.29. The lowest BCUT2D eigenvalue weighted by atomic mass is 10.1. The summed E-state index contributed by atoms with van der Waals surface area (Å²) in [4.78, 5) is 4.85. The SMILES string of the molecule is COCCCN(Cc1cccc(CN(C(C)CCO)C2CCO2)c1)CC1CO1. The van der Waals surface area contributed by atoms with Crippen LogP contribution in [0.25, 0.3) is 0 Å². The van der Waals surface area contributed by atoms with Crippen molar-refractivity contribution < 1.29 is 19.3 Å². The van der Waals surface area contributed by atoms with E-state index in [1.54, 1.807) is 7.11 Å². The Morgan fingerprint density at radius 2 is 2.00 bits per heavy atom. The summed E-state index contributed by atoms with van der Waals surface area (Å²) in [5, 5.41) is 9.34. The zero-order valence-corrected chi connectivity index (χ0v) is 17.4. The first-order valence-electron chi connectivity index (χ1n) is 10.6. The van der Waals surface area contributed by atoms with Gasteiger partial charge >= 0.3 is 0 Å². The average molecular weight is 393 g/mol. The fourth-order valence-corrected chi connectivity index (χ4v) is 3.80. The first-order valence-corrected chi connectivity index (χ1v) is 10.6. The summed E-state index contributed by atoms with van der Waals surface area (Å²) in [5.74, 6) is 0. The van der Waals surface area contributed by atoms with Gasteiger partial charge < -0.3 is 19.3 Å². The number of nitrogens with zero attached hydrogens (tertiary/aromatic N) is 2. The number of ether oxygens (including phenoxy) is 3. The second kappa shape index (κ2) is 11.2. The van der Waals surface area contributed by atoms with Crippen LogP contribution in [-0.4, -0.2) is 79.9 Å². The van der Waals surface area contributed by atoms with Crippen LogP contribution in [0, 0.1) is 0 Å². The molecule has 0 aromatic heterocycles. The van der Waals surface area contributed by atoms with Crippen molar-refractivity contribution in [3.63, 3.8) is 0 Å². The number of hydrogen-bond acceptors (Lipinski definition) is 6. The highest BCUT2D eigenvalue weighted by atomic mass is 16.6. The molecule has 2 heterocycles. The second-order valence-corrected chi connectivity index (χ2v) is 8.00. The Hall–Kier alpha value is -1.02. The summed E-state index contributed by atoms with van der Waals surface area (Å²) in [6.07, 6.45) is 3.46. The van der Waals surface area contributed by atoms with Gasteiger partial charge in [0, 0.05) is 59.0 Å². The number of epoxide rings is 1. The predicted molar refractivity (Wildman–Crippen MR) is 109 cm³/mol. The zero-order valence-electron chi connectivity index (χ0n) is 17.4. The third-order valence-electron chi connectivity index (χ3n) is 5.61. The Bertz CT molecular complexity index is 577. The summed E-state index contributed by atoms with van der Waals surface area (Å²) in [5.41, 5.74) is 2.64. The molecule has 158 valence electrons. The topological polar surface area (TPSA) is 57.7 Å². The molecule has 0 spiro atoms. The van der Waals surface area contributed by atoms with Crippen molar-refractivity contribution in [1.29, 1.82) is 0 Å². The van der Waals surface area contributed by atoms with Gasteiger partial charge in [-0.1, -0.05) is 24.3 Å². The highest BCUT2D eigenvalue weighted by molar-refractivity contribution is 5.23. The molecule has 28 heavy (non-hydrogen) atoms. The minimum atomic E-state index is 0.183. The zero-order chi connectivity index (χ0) is 19.8. The largest absolute Gasteiger partial charge is 0.396 e. The van der Waals surface area contributed by atoms with Crippen LogP contribution in [0.3, 0.4) is 0 Å². The minimum Gasteiger partial charge on any atom is -0.396 e. The van der Waals surface area contributed by atoms with Crippen LogP contribution in [0.5, 0.6) is 0 Å². The lowest BCUT2D eigenvalue weighted by Crippen LogP contribution is -2.48. The molecule has 6 heteroatoms. The van der Waals surface area contributed by atoms with E-state index in [9.17, 15) is 5.11 Å². The van der Waals surface area contributed by atoms with Crippen molar-refractivity contribution in [2.75, 3.05) is 46.6 Å². The highest BCUT2D eigenvalue weighted by Crippen LogP contribution is 2.23. The summed E-state index contributed by atoms with van der Waals surface area (Å²) in [6.45, 7) is 8.71. The van der Waals surface area contributed by atoms with Crippen LogP contribution in [0.4, 0.5) is 0 Å². The number of rotatable bonds is 14. The van der Waals surface area contributed by atoms with Gasteiger partial charge in [0.2, 0.25) is 0 Å². The normalized spacial score (nSPS) is 22.5. The van der Waals surface area contributed by atoms with E-state index in [4.69, 9.17) is 14.2 Å². The predicted octanol–water partition coefficient (Wildman–Crippen LogP) is 2.24. The van der Waals surface area contributed by atoms with E-state index in [0.717, 1.165) is 65.3 Å². The van der Waals surface area contributed by atoms with Crippen LogP contribution < -0.4 is 0 Å². The van der Waals surface area contributed by atoms with Gasteiger partial charge in [0.05, 0.1) is 19.3 Å². The summed E-state index contributed by atoms with van der Waals surface area (Å²) in [7, 11) is 1.76. The Morgan fingerprint density at radius 3 is 2.61 bits per heavy atom. The molecule has 1 N–H and O–H groups in total. The van der Waals surface area contributed by atoms with Crippen LogP contribution in [0.15, 0.2) is 24.3 Å². The molecule has 1 aromatic carbocycles. The molecule has 0 radical (unpaired) electrons. The summed E-state index contributed by atoms with van der Waals surface area (Å²) < 4.78 is 16.4. The van der Waals surface area contributed by atoms with Crippen LogP contribution >= 0.6 is 0 Å². The standard InChI is InChI=1S/C22H36N2O4/c1-18(7-10-25)24(22-8-12-27-22)15-20-6-3-5-19(13-20)14-23(9-4-11-26-2)16-21-17-28-21/h3,5-6,13,18,21-22,25H,4,7-12,14-17H2,1-2H3. The molecule has 3 unspecified atom stereocenters. The number of aliphatic hydroxyl groups excluding tert-OH is 1. The van der Waals surface area contributed by atoms with E-state index >= 15 is 0 Å². The Balaban J connectivity index is 1.60. The van der Waals surface area contributed by atoms with Crippen molar-refractivity contribution in [2.45, 2.75) is 57.6 Å². The fourth-order valence-electron chi connectivity index (χ4n) is 3.80. The molecule has 3 atom stereocenters. The van der Waals surface area contributed by atoms with Gasteiger partial charge in [-0.3, -0.25) is 9.80 Å². The number of hydrogen-bond donors (Lipinski definition) is 1. The molecule has 2 saturated heterocycles. The third-order valence-corrected chi connectivity index (χ3v) is 5.61. The monoisotopic (exact) mass is 392 g/mol. The first kappa shape index (κ1) is 21.7. The molecule has 2 fully saturated rings. The molecule has 1 aromatic rings. The molecule has 3 rings (SSSR count). The Labute approximate surface area is 169 Å². The van der Waals surface area contributed by atoms with Gasteiger partial charge in [-0.05, 0) is 30.9 Å². The summed E-state index contributed by atoms with van der Waals surface area (Å²) in [6, 6.07) is 9.18. The van der Waals surface area contributed by atoms with Gasteiger partial charge in [-0.2, -0.15) is 0 Å². The van der Waals surface area contributed by atoms with Crippen molar-refractivity contribution in [1.82, 2.24) is 9.80 Å². The maximum Gasteiger partial charge on any atom is 0.113 e. The molecular weight excluding hydrogens is 356 g/mol. The molecule has 0 amide bonds. The maximum absolute atomic E-state index is 9.34. The van der Waals surface area contributed by atoms with Crippen molar-refractivity contribution in [3.8, 4) is 0 Å². The van der Waals surface area contributed by atoms with E-state index in [1.807, 2.05) is 0 Å². The molecule has 6 nitrogen and oxygen atoms in total. The van der Waals surface area contributed by atoms with Crippen molar-refractivity contribution in [2.24, 2.45) is 0 Å². The minimum absolute atomic E-state index is 0.183. The Morgan fingerprint density at radius 1 is 1.25 bits per heavy atom. The molecule has 2 aliphatic rings. The second-order valence-electron chi connectivity index (χ2n) is 8.00. The van der Waals surface area contributed by atoms with E-state index < -0.39 is 0 Å². The molecule has 0 aliphatic carbocycles. The average Bonchev–Trinajstić information content (AvgIpc) is 3.44. The van der Waals surface area contributed by atoms with Gasteiger partial charge in [0.25, 0.3) is 0 Å². The lowest BCUT2D eigenvalue weighted by Gasteiger charge is -2.41. The van der Waals surface area contributed by atoms with E-state index in [1.165, 1.54) is 11.1 Å². The van der Waals surface area contributed by atoms with Crippen molar-refractivity contribution >= 4 is 0 Å². The van der Waals surface area contributed by atoms with Gasteiger partial charge in [-0.25, -0.2) is 0 Å². The van der Waals surface area contributed by atoms with E-state index in [2.05, 4.69) is 41.0 Å². The van der Waals surface area contributed by atoms with Crippen molar-refractivity contribution in [3.05, 3.63) is 35.4 Å². The number of benzene rings is 1. The number of aliphatic hydroxyl groups is 1. The molecular formula is C22H36N2O4. The van der Waals surface area contributed by atoms with Gasteiger partial charge in [0.15, 0.2) is 0 Å². The molecule has 2 aliphatic heterocycles. The quantitative estimate of drug-likeness (QED) is 0.387. The summed E-state index contributed by atoms with van der Waals surface area (Å²) >= 11 is 0. The fraction of sp³-hybridized carbons (Fsp3) is 0.727.